The number of guanidine groups is 1. The van der Waals surface area contributed by atoms with Crippen LogP contribution in [-0.2, 0) is 24.8 Å². The number of benzene rings is 1. The van der Waals surface area contributed by atoms with E-state index < -0.39 is 0 Å². The lowest BCUT2D eigenvalue weighted by Gasteiger charge is -2.36. The number of rotatable bonds is 5. The molecule has 0 aliphatic carbocycles. The van der Waals surface area contributed by atoms with E-state index in [0.29, 0.717) is 6.04 Å². The van der Waals surface area contributed by atoms with Gasteiger partial charge >= 0.3 is 0 Å². The highest BCUT2D eigenvalue weighted by molar-refractivity contribution is 5.80. The summed E-state index contributed by atoms with van der Waals surface area (Å²) in [4.78, 5) is 9.41. The Morgan fingerprint density at radius 1 is 1.25 bits per heavy atom. The molecule has 0 saturated carbocycles. The van der Waals surface area contributed by atoms with E-state index in [-0.39, 0.29) is 6.10 Å². The van der Waals surface area contributed by atoms with Crippen molar-refractivity contribution in [1.82, 2.24) is 24.9 Å². The molecule has 7 nitrogen and oxygen atoms in total. The van der Waals surface area contributed by atoms with E-state index >= 15 is 0 Å². The third-order valence-electron chi connectivity index (χ3n) is 5.61. The predicted octanol–water partition coefficient (Wildman–Crippen LogP) is 1.12. The second-order valence-corrected chi connectivity index (χ2v) is 7.58. The molecule has 2 aliphatic rings. The summed E-state index contributed by atoms with van der Waals surface area (Å²) in [7, 11) is 3.81. The molecule has 2 aliphatic heterocycles. The van der Waals surface area contributed by atoms with Crippen molar-refractivity contribution in [2.45, 2.75) is 25.1 Å². The van der Waals surface area contributed by atoms with Gasteiger partial charge in [-0.2, -0.15) is 5.10 Å². The van der Waals surface area contributed by atoms with Crippen molar-refractivity contribution in [2.24, 2.45) is 12.0 Å². The maximum absolute atomic E-state index is 6.09. The highest BCUT2D eigenvalue weighted by Crippen LogP contribution is 2.24. The molecule has 1 N–H and O–H groups in total. The molecule has 0 spiro atoms. The number of aryl methyl sites for hydroxylation is 1. The minimum Gasteiger partial charge on any atom is -0.373 e. The number of fused-ring (bicyclic) bond motifs is 1. The number of nitrogens with one attached hydrogen (secondary N) is 1. The molecule has 150 valence electrons. The van der Waals surface area contributed by atoms with E-state index in [2.05, 4.69) is 61.7 Å². The highest BCUT2D eigenvalue weighted by atomic mass is 16.5. The Morgan fingerprint density at radius 3 is 2.86 bits per heavy atom. The van der Waals surface area contributed by atoms with Gasteiger partial charge in [-0.05, 0) is 17.5 Å². The van der Waals surface area contributed by atoms with Crippen molar-refractivity contribution in [2.75, 3.05) is 39.8 Å². The maximum Gasteiger partial charge on any atom is 0.193 e. The second kappa shape index (κ2) is 8.75. The monoisotopic (exact) mass is 382 g/mol. The molecule has 2 aromatic rings. The van der Waals surface area contributed by atoms with Gasteiger partial charge in [-0.1, -0.05) is 30.3 Å². The summed E-state index contributed by atoms with van der Waals surface area (Å²) in [5.74, 6) is 0.960. The molecule has 4 rings (SSSR count). The fourth-order valence-corrected chi connectivity index (χ4v) is 4.20. The second-order valence-electron chi connectivity index (χ2n) is 7.58. The van der Waals surface area contributed by atoms with Gasteiger partial charge in [0.15, 0.2) is 5.96 Å². The van der Waals surface area contributed by atoms with Crippen molar-refractivity contribution >= 4 is 5.96 Å². The van der Waals surface area contributed by atoms with E-state index in [4.69, 9.17) is 4.74 Å². The topological polar surface area (TPSA) is 57.9 Å². The normalized spacial score (nSPS) is 23.1. The standard InChI is InChI=1S/C21H30N6O/c1-22-21(23-9-8-18-12-24-25(2)13-18)27-15-19-20(16-27)28-11-10-26(19)14-17-6-4-3-5-7-17/h3-7,12-13,19-20H,8-11,14-16H2,1-2H3,(H,22,23). The van der Waals surface area contributed by atoms with Crippen LogP contribution in [0.4, 0.5) is 0 Å². The average molecular weight is 383 g/mol. The number of aliphatic imine (C=N–C) groups is 1. The fourth-order valence-electron chi connectivity index (χ4n) is 4.20. The summed E-state index contributed by atoms with van der Waals surface area (Å²) in [5, 5.41) is 7.74. The lowest BCUT2D eigenvalue weighted by molar-refractivity contribution is -0.0502. The number of hydrogen-bond donors (Lipinski definition) is 1. The van der Waals surface area contributed by atoms with Gasteiger partial charge in [-0.25, -0.2) is 0 Å². The van der Waals surface area contributed by atoms with Gasteiger partial charge in [-0.15, -0.1) is 0 Å². The third kappa shape index (κ3) is 4.36. The first-order valence-corrected chi connectivity index (χ1v) is 10.1. The summed E-state index contributed by atoms with van der Waals surface area (Å²) in [6.07, 6.45) is 5.16. The first kappa shape index (κ1) is 19.0. The number of likely N-dealkylation sites (tertiary alicyclic amines) is 1. The molecule has 1 aromatic carbocycles. The number of nitrogens with zero attached hydrogens (tertiary/aromatic N) is 5. The van der Waals surface area contributed by atoms with Crippen LogP contribution in [0.3, 0.4) is 0 Å². The predicted molar refractivity (Wildman–Crippen MR) is 110 cm³/mol. The molecule has 0 radical (unpaired) electrons. The number of hydrogen-bond acceptors (Lipinski definition) is 4. The van der Waals surface area contributed by atoms with Crippen LogP contribution in [-0.4, -0.2) is 77.5 Å². The van der Waals surface area contributed by atoms with Gasteiger partial charge in [0.05, 0.1) is 24.9 Å². The van der Waals surface area contributed by atoms with Crippen LogP contribution in [0.15, 0.2) is 47.7 Å². The molecule has 2 atom stereocenters. The van der Waals surface area contributed by atoms with Crippen molar-refractivity contribution in [3.8, 4) is 0 Å². The quantitative estimate of drug-likeness (QED) is 0.620. The van der Waals surface area contributed by atoms with Gasteiger partial charge in [0, 0.05) is 53.0 Å². The number of morpholine rings is 1. The summed E-state index contributed by atoms with van der Waals surface area (Å²) < 4.78 is 7.94. The molecule has 2 saturated heterocycles. The zero-order valence-electron chi connectivity index (χ0n) is 16.8. The Morgan fingerprint density at radius 2 is 2.11 bits per heavy atom. The molecule has 1 aromatic heterocycles. The zero-order chi connectivity index (χ0) is 19.3. The summed E-state index contributed by atoms with van der Waals surface area (Å²) in [6, 6.07) is 11.1. The lowest BCUT2D eigenvalue weighted by Crippen LogP contribution is -2.50. The average Bonchev–Trinajstić information content (AvgIpc) is 3.33. The number of ether oxygens (including phenoxy) is 1. The van der Waals surface area contributed by atoms with Crippen LogP contribution in [0.1, 0.15) is 11.1 Å². The van der Waals surface area contributed by atoms with Crippen LogP contribution in [0.2, 0.25) is 0 Å². The molecule has 0 bridgehead atoms. The van der Waals surface area contributed by atoms with Crippen LogP contribution < -0.4 is 5.32 Å². The van der Waals surface area contributed by atoms with Gasteiger partial charge in [-0.3, -0.25) is 14.6 Å². The van der Waals surface area contributed by atoms with Crippen molar-refractivity contribution < 1.29 is 4.74 Å². The van der Waals surface area contributed by atoms with E-state index in [0.717, 1.165) is 51.7 Å². The molecule has 3 heterocycles. The Hall–Kier alpha value is -2.38. The van der Waals surface area contributed by atoms with E-state index in [1.54, 1.807) is 0 Å². The van der Waals surface area contributed by atoms with Gasteiger partial charge in [0.1, 0.15) is 0 Å². The third-order valence-corrected chi connectivity index (χ3v) is 5.61. The Labute approximate surface area is 167 Å². The van der Waals surface area contributed by atoms with Gasteiger partial charge < -0.3 is 15.0 Å². The van der Waals surface area contributed by atoms with E-state index in [1.165, 1.54) is 11.1 Å². The minimum absolute atomic E-state index is 0.245. The van der Waals surface area contributed by atoms with Crippen LogP contribution in [0, 0.1) is 0 Å². The SMILES string of the molecule is CN=C(NCCc1cnn(C)c1)N1CC2OCCN(Cc3ccccc3)C2C1. The molecule has 28 heavy (non-hydrogen) atoms. The van der Waals surface area contributed by atoms with Crippen LogP contribution in [0.25, 0.3) is 0 Å². The summed E-state index contributed by atoms with van der Waals surface area (Å²) in [5.41, 5.74) is 2.60. The van der Waals surface area contributed by atoms with E-state index in [1.807, 2.05) is 25.0 Å². The molecule has 7 heteroatoms. The van der Waals surface area contributed by atoms with Gasteiger partial charge in [0.2, 0.25) is 0 Å². The molecule has 2 fully saturated rings. The molecular formula is C21H30N6O. The lowest BCUT2D eigenvalue weighted by atomic mass is 10.1. The smallest absolute Gasteiger partial charge is 0.193 e. The largest absolute Gasteiger partial charge is 0.373 e. The van der Waals surface area contributed by atoms with Crippen molar-refractivity contribution in [3.05, 3.63) is 53.9 Å². The Kier molecular flexibility index (Phi) is 5.92. The number of aromatic nitrogens is 2. The Bertz CT molecular complexity index is 789. The molecular weight excluding hydrogens is 352 g/mol. The van der Waals surface area contributed by atoms with Crippen LogP contribution >= 0.6 is 0 Å². The van der Waals surface area contributed by atoms with Crippen molar-refractivity contribution in [1.29, 1.82) is 0 Å². The Balaban J connectivity index is 1.34. The molecule has 0 amide bonds. The van der Waals surface area contributed by atoms with Gasteiger partial charge in [0.25, 0.3) is 0 Å². The summed E-state index contributed by atoms with van der Waals surface area (Å²) >= 11 is 0. The van der Waals surface area contributed by atoms with Crippen LogP contribution in [0.5, 0.6) is 0 Å². The van der Waals surface area contributed by atoms with E-state index in [9.17, 15) is 0 Å². The maximum atomic E-state index is 6.09. The minimum atomic E-state index is 0.245. The summed E-state index contributed by atoms with van der Waals surface area (Å²) in [6.45, 7) is 5.45. The first-order valence-electron chi connectivity index (χ1n) is 10.1. The highest BCUT2D eigenvalue weighted by Gasteiger charge is 2.41. The zero-order valence-corrected chi connectivity index (χ0v) is 16.8. The molecule has 2 unspecified atom stereocenters. The fraction of sp³-hybridized carbons (Fsp3) is 0.524. The van der Waals surface area contributed by atoms with Crippen molar-refractivity contribution in [3.63, 3.8) is 0 Å². The first-order chi connectivity index (χ1) is 13.7.